The van der Waals surface area contributed by atoms with Gasteiger partial charge in [0, 0.05) is 16.5 Å². The highest BCUT2D eigenvalue weighted by Crippen LogP contribution is 2.46. The van der Waals surface area contributed by atoms with Gasteiger partial charge in [0.1, 0.15) is 10.6 Å². The lowest BCUT2D eigenvalue weighted by atomic mass is 10.0. The Bertz CT molecular complexity index is 1530. The molecule has 3 heterocycles. The van der Waals surface area contributed by atoms with Crippen molar-refractivity contribution in [3.05, 3.63) is 65.7 Å². The van der Waals surface area contributed by atoms with Crippen molar-refractivity contribution in [2.75, 3.05) is 24.0 Å². The molecule has 3 N–H and O–H groups in total. The first-order chi connectivity index (χ1) is 18.8. The van der Waals surface area contributed by atoms with Gasteiger partial charge < -0.3 is 15.2 Å². The molecular weight excluding hydrogens is 540 g/mol. The zero-order valence-corrected chi connectivity index (χ0v) is 22.8. The number of carbonyl (C=O) groups is 1. The molecule has 2 aromatic heterocycles. The minimum Gasteiger partial charge on any atom is -0.480 e. The van der Waals surface area contributed by atoms with Gasteiger partial charge in [-0.25, -0.2) is 18.3 Å². The van der Waals surface area contributed by atoms with Crippen LogP contribution in [0, 0.1) is 6.92 Å². The van der Waals surface area contributed by atoms with E-state index in [2.05, 4.69) is 25.9 Å². The van der Waals surface area contributed by atoms with E-state index >= 15 is 0 Å². The molecule has 0 spiro atoms. The number of sulfonamides is 1. The van der Waals surface area contributed by atoms with Crippen molar-refractivity contribution in [1.82, 2.24) is 25.9 Å². The van der Waals surface area contributed by atoms with E-state index in [1.54, 1.807) is 4.31 Å². The minimum atomic E-state index is -3.71. The van der Waals surface area contributed by atoms with Crippen LogP contribution in [0.25, 0.3) is 21.1 Å². The molecule has 0 unspecified atom stereocenters. The van der Waals surface area contributed by atoms with Crippen LogP contribution in [0.2, 0.25) is 0 Å². The molecule has 0 amide bonds. The third kappa shape index (κ3) is 5.95. The van der Waals surface area contributed by atoms with Gasteiger partial charge in [0.25, 0.3) is 0 Å². The molecule has 4 aromatic rings. The van der Waals surface area contributed by atoms with Crippen LogP contribution in [0.15, 0.2) is 54.6 Å². The molecule has 0 saturated carbocycles. The van der Waals surface area contributed by atoms with Crippen LogP contribution in [-0.4, -0.2) is 65.9 Å². The molecule has 2 aromatic carbocycles. The maximum Gasteiger partial charge on any atom is 0.341 e. The number of benzene rings is 2. The second-order valence-electron chi connectivity index (χ2n) is 9.22. The number of anilines is 1. The van der Waals surface area contributed by atoms with Crippen LogP contribution in [0.1, 0.15) is 24.0 Å². The summed E-state index contributed by atoms with van der Waals surface area (Å²) in [6.45, 7) is 2.79. The topological polar surface area (TPSA) is 150 Å². The summed E-state index contributed by atoms with van der Waals surface area (Å²) in [6, 6.07) is 16.4. The van der Waals surface area contributed by atoms with Gasteiger partial charge in [0.05, 0.1) is 11.4 Å². The number of H-pyrrole nitrogens is 1. The highest BCUT2D eigenvalue weighted by molar-refractivity contribution is 7.92. The number of nitrogens with zero attached hydrogens (tertiary/aromatic N) is 4. The fraction of sp³-hybridized carbons (Fsp3) is 0.308. The lowest BCUT2D eigenvalue weighted by molar-refractivity contribution is -0.139. The van der Waals surface area contributed by atoms with E-state index in [1.807, 2.05) is 61.5 Å². The first kappa shape index (κ1) is 26.8. The van der Waals surface area contributed by atoms with Gasteiger partial charge in [0.15, 0.2) is 12.4 Å². The number of carboxylic acids is 1. The fourth-order valence-corrected chi connectivity index (χ4v) is 7.81. The molecule has 13 heteroatoms. The van der Waals surface area contributed by atoms with Crippen LogP contribution in [0.4, 0.5) is 5.69 Å². The van der Waals surface area contributed by atoms with Crippen molar-refractivity contribution in [2.24, 2.45) is 0 Å². The monoisotopic (exact) mass is 568 g/mol. The smallest absolute Gasteiger partial charge is 0.341 e. The summed E-state index contributed by atoms with van der Waals surface area (Å²) in [7, 11) is -3.71. The van der Waals surface area contributed by atoms with Gasteiger partial charge in [-0.2, -0.15) is 0 Å². The Balaban J connectivity index is 1.56. The number of aromatic amines is 1. The van der Waals surface area contributed by atoms with Crippen molar-refractivity contribution in [3.63, 3.8) is 0 Å². The van der Waals surface area contributed by atoms with Gasteiger partial charge in [-0.15, -0.1) is 16.4 Å². The van der Waals surface area contributed by atoms with E-state index < -0.39 is 22.6 Å². The highest BCUT2D eigenvalue weighted by Gasteiger charge is 2.32. The van der Waals surface area contributed by atoms with E-state index in [0.717, 1.165) is 29.1 Å². The van der Waals surface area contributed by atoms with Crippen molar-refractivity contribution < 1.29 is 23.1 Å². The van der Waals surface area contributed by atoms with E-state index in [9.17, 15) is 18.3 Å². The lowest BCUT2D eigenvalue weighted by Crippen LogP contribution is -2.46. The highest BCUT2D eigenvalue weighted by atomic mass is 32.2. The molecule has 1 saturated heterocycles. The third-order valence-electron chi connectivity index (χ3n) is 6.49. The number of hydrogen-bond donors (Lipinski definition) is 3. The van der Waals surface area contributed by atoms with Gasteiger partial charge >= 0.3 is 5.97 Å². The average Bonchev–Trinajstić information content (AvgIpc) is 3.56. The number of piperidine rings is 1. The number of ether oxygens (including phenoxy) is 1. The lowest BCUT2D eigenvalue weighted by Gasteiger charge is -2.35. The van der Waals surface area contributed by atoms with E-state index in [4.69, 9.17) is 4.74 Å². The number of rotatable bonds is 10. The Kier molecular flexibility index (Phi) is 7.91. The molecule has 1 aliphatic heterocycles. The second kappa shape index (κ2) is 11.5. The zero-order chi connectivity index (χ0) is 27.4. The molecule has 204 valence electrons. The molecular formula is C26H28N6O5S2. The number of carboxylic acid groups (broad SMARTS) is 1. The van der Waals surface area contributed by atoms with E-state index in [1.165, 1.54) is 11.3 Å². The predicted octanol–water partition coefficient (Wildman–Crippen LogP) is 3.46. The minimum absolute atomic E-state index is 0.101. The quantitative estimate of drug-likeness (QED) is 0.261. The molecule has 1 fully saturated rings. The number of aliphatic carboxylic acids is 1. The normalized spacial score (nSPS) is 14.3. The number of tetrazole rings is 1. The maximum absolute atomic E-state index is 13.9. The van der Waals surface area contributed by atoms with Crippen LogP contribution in [0.3, 0.4) is 0 Å². The maximum atomic E-state index is 13.9. The fourth-order valence-electron chi connectivity index (χ4n) is 4.77. The first-order valence-corrected chi connectivity index (χ1v) is 14.9. The van der Waals surface area contributed by atoms with Crippen molar-refractivity contribution >= 4 is 33.0 Å². The number of hydrogen-bond acceptors (Lipinski definition) is 9. The summed E-state index contributed by atoms with van der Waals surface area (Å²) in [4.78, 5) is 12.6. The van der Waals surface area contributed by atoms with Crippen LogP contribution < -0.4 is 14.4 Å². The summed E-state index contributed by atoms with van der Waals surface area (Å²) in [6.07, 6.45) is 1.40. The largest absolute Gasteiger partial charge is 0.480 e. The molecule has 39 heavy (non-hydrogen) atoms. The van der Waals surface area contributed by atoms with Crippen molar-refractivity contribution in [2.45, 2.75) is 31.6 Å². The Morgan fingerprint density at radius 3 is 2.59 bits per heavy atom. The third-order valence-corrected chi connectivity index (χ3v) is 9.62. The molecule has 5 rings (SSSR count). The van der Waals surface area contributed by atoms with Gasteiger partial charge in [0.2, 0.25) is 10.0 Å². The Morgan fingerprint density at radius 1 is 1.13 bits per heavy atom. The first-order valence-electron chi connectivity index (χ1n) is 12.4. The van der Waals surface area contributed by atoms with Crippen LogP contribution in [0.5, 0.6) is 5.75 Å². The second-order valence-corrected chi connectivity index (χ2v) is 12.1. The standard InChI is InChI=1S/C26H28N6O5S2/c1-17-23(37-15-22(33)34)25(26-28-30-31-29-26)38-24(17)19-8-5-9-21(14-19)32(20-10-12-27-13-11-20)39(35,36)16-18-6-3-2-4-7-18/h2-9,14,20,27H,10-13,15-16H2,1H3,(H,33,34)(H,28,29,30,31). The van der Waals surface area contributed by atoms with Crippen molar-refractivity contribution in [1.29, 1.82) is 0 Å². The molecule has 0 aliphatic carbocycles. The average molecular weight is 569 g/mol. The summed E-state index contributed by atoms with van der Waals surface area (Å²) in [5, 5.41) is 26.4. The number of thiophene rings is 1. The Hall–Kier alpha value is -3.81. The van der Waals surface area contributed by atoms with Gasteiger partial charge in [-0.1, -0.05) is 42.5 Å². The Morgan fingerprint density at radius 2 is 1.90 bits per heavy atom. The van der Waals surface area contributed by atoms with E-state index in [-0.39, 0.29) is 11.8 Å². The summed E-state index contributed by atoms with van der Waals surface area (Å²) < 4.78 is 35.0. The SMILES string of the molecule is Cc1c(-c2cccc(N(C3CCNCC3)S(=O)(=O)Cc3ccccc3)c2)sc(-c2nnn[nH]2)c1OCC(=O)O. The summed E-state index contributed by atoms with van der Waals surface area (Å²) in [5.74, 6) is -0.483. The van der Waals surface area contributed by atoms with Gasteiger partial charge in [-0.3, -0.25) is 4.31 Å². The molecule has 1 aliphatic rings. The zero-order valence-electron chi connectivity index (χ0n) is 21.2. The molecule has 0 atom stereocenters. The number of nitrogens with one attached hydrogen (secondary N) is 2. The summed E-state index contributed by atoms with van der Waals surface area (Å²) >= 11 is 1.35. The van der Waals surface area contributed by atoms with Crippen LogP contribution in [-0.2, 0) is 20.6 Å². The molecule has 0 radical (unpaired) electrons. The predicted molar refractivity (Wildman–Crippen MR) is 148 cm³/mol. The molecule has 0 bridgehead atoms. The van der Waals surface area contributed by atoms with Crippen molar-refractivity contribution in [3.8, 4) is 26.9 Å². The van der Waals surface area contributed by atoms with E-state index in [0.29, 0.717) is 40.5 Å². The van der Waals surface area contributed by atoms with Crippen LogP contribution >= 0.6 is 11.3 Å². The number of aromatic nitrogens is 4. The Labute approximate surface area is 229 Å². The van der Waals surface area contributed by atoms with Gasteiger partial charge in [-0.05, 0) is 66.5 Å². The summed E-state index contributed by atoms with van der Waals surface area (Å²) in [5.41, 5.74) is 2.80. The molecule has 11 nitrogen and oxygen atoms in total.